The van der Waals surface area contributed by atoms with E-state index in [4.69, 9.17) is 4.74 Å². The van der Waals surface area contributed by atoms with Gasteiger partial charge >= 0.3 is 0 Å². The molecule has 0 radical (unpaired) electrons. The Morgan fingerprint density at radius 3 is 2.75 bits per heavy atom. The minimum Gasteiger partial charge on any atom is -0.494 e. The summed E-state index contributed by atoms with van der Waals surface area (Å²) < 4.78 is 5.52. The van der Waals surface area contributed by atoms with Crippen LogP contribution in [0.25, 0.3) is 17.8 Å². The molecule has 5 nitrogen and oxygen atoms in total. The van der Waals surface area contributed by atoms with Crippen molar-refractivity contribution in [2.75, 3.05) is 7.11 Å². The number of nitrogens with one attached hydrogen (secondary N) is 2. The first-order valence-corrected chi connectivity index (χ1v) is 7.81. The summed E-state index contributed by atoms with van der Waals surface area (Å²) in [5, 5.41) is 3.61. The van der Waals surface area contributed by atoms with E-state index in [9.17, 15) is 0 Å². The Hall–Kier alpha value is -3.08. The number of aryl methyl sites for hydroxylation is 2. The molecule has 3 aromatic heterocycles. The van der Waals surface area contributed by atoms with Gasteiger partial charge in [-0.1, -0.05) is 0 Å². The van der Waals surface area contributed by atoms with Gasteiger partial charge in [0.1, 0.15) is 5.75 Å². The van der Waals surface area contributed by atoms with Crippen LogP contribution in [0.2, 0.25) is 0 Å². The Kier molecular flexibility index (Phi) is 3.34. The number of hydrogen-bond acceptors (Lipinski definition) is 3. The number of aromatic nitrogens is 3. The fraction of sp³-hybridized carbons (Fsp3) is 0.158. The lowest BCUT2D eigenvalue weighted by Crippen LogP contribution is -2.23. The number of pyridine rings is 1. The van der Waals surface area contributed by atoms with Gasteiger partial charge in [-0.15, -0.1) is 0 Å². The molecule has 0 bridgehead atoms. The fourth-order valence-electron chi connectivity index (χ4n) is 2.95. The van der Waals surface area contributed by atoms with Crippen LogP contribution in [0.3, 0.4) is 0 Å². The molecule has 24 heavy (non-hydrogen) atoms. The Bertz CT molecular complexity index is 1130. The van der Waals surface area contributed by atoms with Crippen molar-refractivity contribution >= 4 is 17.8 Å². The van der Waals surface area contributed by atoms with E-state index in [0.29, 0.717) is 0 Å². The minimum absolute atomic E-state index is 0.789. The Labute approximate surface area is 138 Å². The van der Waals surface area contributed by atoms with Gasteiger partial charge in [0.2, 0.25) is 0 Å². The summed E-state index contributed by atoms with van der Waals surface area (Å²) in [5.41, 5.74) is 4.27. The van der Waals surface area contributed by atoms with Crippen molar-refractivity contribution in [2.45, 2.75) is 13.8 Å². The van der Waals surface area contributed by atoms with Crippen molar-refractivity contribution in [3.63, 3.8) is 0 Å². The van der Waals surface area contributed by atoms with Crippen LogP contribution >= 0.6 is 0 Å². The first kappa shape index (κ1) is 14.5. The Morgan fingerprint density at radius 2 is 2.04 bits per heavy atom. The van der Waals surface area contributed by atoms with Gasteiger partial charge in [0.15, 0.2) is 0 Å². The number of fused-ring (bicyclic) bond motifs is 1. The van der Waals surface area contributed by atoms with Gasteiger partial charge < -0.3 is 14.7 Å². The lowest BCUT2D eigenvalue weighted by molar-refractivity contribution is 0.412. The molecular weight excluding hydrogens is 300 g/mol. The minimum atomic E-state index is 0.789. The summed E-state index contributed by atoms with van der Waals surface area (Å²) in [4.78, 5) is 15.7. The number of hydrogen-bond donors (Lipinski definition) is 2. The highest BCUT2D eigenvalue weighted by Gasteiger charge is 2.07. The highest BCUT2D eigenvalue weighted by atomic mass is 16.5. The van der Waals surface area contributed by atoms with Gasteiger partial charge in [0.25, 0.3) is 0 Å². The predicted octanol–water partition coefficient (Wildman–Crippen LogP) is 0.414. The third kappa shape index (κ3) is 2.44. The monoisotopic (exact) mass is 318 g/mol. The maximum absolute atomic E-state index is 5.52. The van der Waals surface area contributed by atoms with Gasteiger partial charge in [-0.05, 0) is 49.8 Å². The van der Waals surface area contributed by atoms with Crippen LogP contribution < -0.4 is 26.1 Å². The molecule has 1 aliphatic heterocycles. The van der Waals surface area contributed by atoms with Crippen LogP contribution in [-0.2, 0) is 0 Å². The van der Waals surface area contributed by atoms with Crippen molar-refractivity contribution < 1.29 is 4.74 Å². The van der Waals surface area contributed by atoms with Crippen molar-refractivity contribution in [2.24, 2.45) is 4.99 Å². The van der Waals surface area contributed by atoms with Crippen LogP contribution in [0.4, 0.5) is 0 Å². The number of rotatable bonds is 2. The van der Waals surface area contributed by atoms with E-state index < -0.39 is 0 Å². The van der Waals surface area contributed by atoms with Gasteiger partial charge in [-0.2, -0.15) is 0 Å². The standard InChI is InChI=1S/C19H18N4O/c1-11-7-12(2)21-14(11)8-18-19(24-3)10-17(23-18)16-9-15-13(22-16)5-4-6-20-15/h4-10,21,23H,1-3H3/b17-16?,18-8-. The molecule has 0 spiro atoms. The van der Waals surface area contributed by atoms with Gasteiger partial charge in [0, 0.05) is 23.7 Å². The van der Waals surface area contributed by atoms with Crippen LogP contribution in [0.15, 0.2) is 35.5 Å². The predicted molar refractivity (Wildman–Crippen MR) is 93.3 cm³/mol. The Morgan fingerprint density at radius 1 is 1.17 bits per heavy atom. The van der Waals surface area contributed by atoms with E-state index in [1.54, 1.807) is 13.3 Å². The molecule has 1 aliphatic rings. The maximum Gasteiger partial charge on any atom is 0.144 e. The van der Waals surface area contributed by atoms with Crippen LogP contribution in [0, 0.1) is 13.8 Å². The first-order valence-electron chi connectivity index (χ1n) is 7.81. The zero-order valence-electron chi connectivity index (χ0n) is 13.8. The zero-order valence-corrected chi connectivity index (χ0v) is 13.8. The largest absolute Gasteiger partial charge is 0.494 e. The summed E-state index contributed by atoms with van der Waals surface area (Å²) >= 11 is 0. The third-order valence-electron chi connectivity index (χ3n) is 4.12. The Balaban J connectivity index is 1.93. The van der Waals surface area contributed by atoms with Gasteiger partial charge in [-0.25, -0.2) is 4.99 Å². The fourth-order valence-corrected chi connectivity index (χ4v) is 2.95. The van der Waals surface area contributed by atoms with Gasteiger partial charge in [-0.3, -0.25) is 4.98 Å². The second kappa shape index (κ2) is 5.53. The second-order valence-corrected chi connectivity index (χ2v) is 5.91. The topological polar surface area (TPSA) is 66.1 Å². The summed E-state index contributed by atoms with van der Waals surface area (Å²) in [6.45, 7) is 4.14. The molecule has 120 valence electrons. The molecule has 0 aliphatic carbocycles. The SMILES string of the molecule is COc1cc(=C2C=c3ncccc3=N2)[nH]/c1=C\c1[nH]c(C)cc1C. The van der Waals surface area contributed by atoms with E-state index in [1.807, 2.05) is 31.2 Å². The molecule has 2 N–H and O–H groups in total. The number of ether oxygens (including phenoxy) is 1. The van der Waals surface area contributed by atoms with Crippen LogP contribution in [0.5, 0.6) is 5.75 Å². The molecule has 0 amide bonds. The number of nitrogens with zero attached hydrogens (tertiary/aromatic N) is 2. The van der Waals surface area contributed by atoms with E-state index in [2.05, 4.69) is 39.0 Å². The quantitative estimate of drug-likeness (QED) is 0.719. The van der Waals surface area contributed by atoms with Gasteiger partial charge in [0.05, 0.1) is 34.2 Å². The number of H-pyrrole nitrogens is 2. The summed E-state index contributed by atoms with van der Waals surface area (Å²) in [6, 6.07) is 7.95. The molecule has 0 atom stereocenters. The summed E-state index contributed by atoms with van der Waals surface area (Å²) in [6.07, 6.45) is 5.82. The molecule has 4 rings (SSSR count). The zero-order chi connectivity index (χ0) is 16.7. The van der Waals surface area contributed by atoms with Crippen molar-refractivity contribution in [1.82, 2.24) is 15.0 Å². The molecular formula is C19H18N4O. The van der Waals surface area contributed by atoms with Crippen LogP contribution in [0.1, 0.15) is 17.0 Å². The number of aromatic amines is 2. The van der Waals surface area contributed by atoms with E-state index in [0.717, 1.165) is 44.2 Å². The maximum atomic E-state index is 5.52. The normalized spacial score (nSPS) is 15.9. The van der Waals surface area contributed by atoms with E-state index in [1.165, 1.54) is 5.56 Å². The molecule has 0 aromatic carbocycles. The van der Waals surface area contributed by atoms with Crippen molar-refractivity contribution in [1.29, 1.82) is 0 Å². The third-order valence-corrected chi connectivity index (χ3v) is 4.12. The lowest BCUT2D eigenvalue weighted by Gasteiger charge is -1.94. The molecule has 0 fully saturated rings. The number of methoxy groups -OCH3 is 1. The average molecular weight is 318 g/mol. The van der Waals surface area contributed by atoms with Crippen molar-refractivity contribution in [3.05, 3.63) is 68.8 Å². The molecule has 0 saturated heterocycles. The lowest BCUT2D eigenvalue weighted by atomic mass is 10.2. The molecule has 0 unspecified atom stereocenters. The summed E-state index contributed by atoms with van der Waals surface area (Å²) in [5.74, 6) is 0.789. The molecule has 5 heteroatoms. The highest BCUT2D eigenvalue weighted by molar-refractivity contribution is 5.76. The van der Waals surface area contributed by atoms with Crippen LogP contribution in [-0.4, -0.2) is 22.1 Å². The molecule has 0 saturated carbocycles. The van der Waals surface area contributed by atoms with Crippen molar-refractivity contribution in [3.8, 4) is 5.75 Å². The highest BCUT2D eigenvalue weighted by Crippen LogP contribution is 2.10. The first-order chi connectivity index (χ1) is 11.6. The average Bonchev–Trinajstić information content (AvgIpc) is 3.24. The van der Waals surface area contributed by atoms with E-state index >= 15 is 0 Å². The second-order valence-electron chi connectivity index (χ2n) is 5.91. The summed E-state index contributed by atoms with van der Waals surface area (Å²) in [7, 11) is 1.67. The molecule has 3 aromatic rings. The smallest absolute Gasteiger partial charge is 0.144 e. The molecule has 4 heterocycles. The van der Waals surface area contributed by atoms with E-state index in [-0.39, 0.29) is 0 Å².